The molecule has 0 fully saturated rings. The molecule has 0 saturated carbocycles. The van der Waals surface area contributed by atoms with Crippen molar-refractivity contribution in [2.75, 3.05) is 6.61 Å². The number of hydrogen-bond donors (Lipinski definition) is 1. The van der Waals surface area contributed by atoms with Gasteiger partial charge in [0.05, 0.1) is 0 Å². The molecule has 0 bridgehead atoms. The fourth-order valence-electron chi connectivity index (χ4n) is 2.03. The minimum Gasteiger partial charge on any atom is -0.456 e. The Bertz CT molecular complexity index is 205. The van der Waals surface area contributed by atoms with E-state index in [-0.39, 0.29) is 0 Å². The topological polar surface area (TPSA) is 29.5 Å². The van der Waals surface area contributed by atoms with Gasteiger partial charge in [-0.15, -0.1) is 6.58 Å². The second-order valence-corrected chi connectivity index (χ2v) is 16.5. The second kappa shape index (κ2) is 12.8. The molecule has 0 spiro atoms. The van der Waals surface area contributed by atoms with E-state index in [9.17, 15) is 0 Å². The molecule has 0 radical (unpaired) electrons. The Morgan fingerprint density at radius 3 is 1.50 bits per heavy atom. The lowest BCUT2D eigenvalue weighted by atomic mass is 10.1. The van der Waals surface area contributed by atoms with Gasteiger partial charge in [-0.2, -0.15) is 0 Å². The van der Waals surface area contributed by atoms with Crippen LogP contribution in [0.3, 0.4) is 0 Å². The van der Waals surface area contributed by atoms with Crippen molar-refractivity contribution in [3.63, 3.8) is 0 Å². The van der Waals surface area contributed by atoms with Crippen molar-refractivity contribution in [3.8, 4) is 0 Å². The third-order valence-electron chi connectivity index (χ3n) is 2.43. The Morgan fingerprint density at radius 1 is 0.800 bits per heavy atom. The molecule has 0 aromatic rings. The molecule has 0 heterocycles. The first kappa shape index (κ1) is 22.4. The lowest BCUT2D eigenvalue weighted by Gasteiger charge is -2.27. The molecule has 0 unspecified atom stereocenters. The maximum Gasteiger partial charge on any atom is 0.170 e. The van der Waals surface area contributed by atoms with E-state index in [4.69, 9.17) is 9.22 Å². The van der Waals surface area contributed by atoms with Gasteiger partial charge in [-0.3, -0.25) is 0 Å². The van der Waals surface area contributed by atoms with Crippen LogP contribution in [0.15, 0.2) is 12.7 Å². The summed E-state index contributed by atoms with van der Waals surface area (Å²) in [6, 6.07) is 0. The predicted octanol–water partition coefficient (Wildman–Crippen LogP) is 5.57. The predicted molar refractivity (Wildman–Crippen MR) is 97.4 cm³/mol. The smallest absolute Gasteiger partial charge is 0.170 e. The zero-order valence-corrected chi connectivity index (χ0v) is 16.8. The molecule has 0 aliphatic heterocycles. The number of aliphatic hydroxyl groups excluding tert-OH is 1. The Morgan fingerprint density at radius 2 is 1.20 bits per heavy atom. The van der Waals surface area contributed by atoms with Gasteiger partial charge in [0.25, 0.3) is 0 Å². The van der Waals surface area contributed by atoms with Crippen LogP contribution in [-0.2, 0) is 4.12 Å². The van der Waals surface area contributed by atoms with Crippen molar-refractivity contribution in [2.45, 2.75) is 84.2 Å². The summed E-state index contributed by atoms with van der Waals surface area (Å²) < 4.78 is 5.90. The molecule has 0 aromatic heterocycles. The summed E-state index contributed by atoms with van der Waals surface area (Å²) in [5.74, 6) is 0. The van der Waals surface area contributed by atoms with Gasteiger partial charge >= 0.3 is 0 Å². The molecule has 0 aliphatic rings. The summed E-state index contributed by atoms with van der Waals surface area (Å²) in [6.07, 6.45) is 10.5. The lowest BCUT2D eigenvalue weighted by Crippen LogP contribution is -2.39. The number of allylic oxidation sites excluding steroid dienone is 1. The molecule has 0 saturated heterocycles. The van der Waals surface area contributed by atoms with E-state index in [0.717, 1.165) is 12.8 Å². The van der Waals surface area contributed by atoms with E-state index in [1.165, 1.54) is 32.1 Å². The van der Waals surface area contributed by atoms with Gasteiger partial charge in [0.2, 0.25) is 0 Å². The van der Waals surface area contributed by atoms with E-state index in [1.54, 1.807) is 0 Å². The molecule has 0 aliphatic carbocycles. The number of hydrogen-bond acceptors (Lipinski definition) is 2. The van der Waals surface area contributed by atoms with Crippen LogP contribution in [-0.4, -0.2) is 28.3 Å². The molecule has 0 atom stereocenters. The van der Waals surface area contributed by atoms with Crippen LogP contribution in [0, 0.1) is 0 Å². The highest BCUT2D eigenvalue weighted by atomic mass is 28.4. The maximum atomic E-state index is 8.49. The van der Waals surface area contributed by atoms with Crippen LogP contribution in [0.1, 0.15) is 44.9 Å². The molecule has 0 rings (SSSR count). The van der Waals surface area contributed by atoms with Crippen molar-refractivity contribution in [1.29, 1.82) is 0 Å². The van der Waals surface area contributed by atoms with Gasteiger partial charge in [0, 0.05) is 6.61 Å². The van der Waals surface area contributed by atoms with Gasteiger partial charge in [0.1, 0.15) is 0 Å². The van der Waals surface area contributed by atoms with Gasteiger partial charge in [-0.1, -0.05) is 31.8 Å². The number of unbranched alkanes of at least 4 members (excludes halogenated alkanes) is 6. The minimum atomic E-state index is -1.23. The maximum absolute atomic E-state index is 8.49. The third kappa shape index (κ3) is 26.6. The average Bonchev–Trinajstić information content (AvgIpc) is 2.24. The summed E-state index contributed by atoms with van der Waals surface area (Å²) >= 11 is 0. The van der Waals surface area contributed by atoms with Crippen LogP contribution in [0.25, 0.3) is 0 Å². The summed E-state index contributed by atoms with van der Waals surface area (Å²) in [5.41, 5.74) is 0. The van der Waals surface area contributed by atoms with Crippen LogP contribution in [0.4, 0.5) is 0 Å². The zero-order chi connectivity index (χ0) is 16.1. The van der Waals surface area contributed by atoms with Crippen molar-refractivity contribution in [2.24, 2.45) is 0 Å². The molecule has 0 amide bonds. The van der Waals surface area contributed by atoms with Crippen LogP contribution < -0.4 is 0 Å². The van der Waals surface area contributed by atoms with E-state index in [2.05, 4.69) is 45.9 Å². The largest absolute Gasteiger partial charge is 0.456 e. The van der Waals surface area contributed by atoms with Gasteiger partial charge in [-0.05, 0) is 58.5 Å². The highest BCUT2D eigenvalue weighted by Crippen LogP contribution is 2.12. The zero-order valence-electron chi connectivity index (χ0n) is 14.8. The first-order chi connectivity index (χ1) is 9.12. The lowest BCUT2D eigenvalue weighted by molar-refractivity contribution is 0.282. The van der Waals surface area contributed by atoms with Crippen LogP contribution in [0.2, 0.25) is 39.3 Å². The molecule has 0 aromatic carbocycles. The molecule has 2 nitrogen and oxygen atoms in total. The Hall–Kier alpha value is 0.0938. The number of rotatable bonds is 10. The quantitative estimate of drug-likeness (QED) is 0.324. The molecular weight excluding hydrogens is 280 g/mol. The van der Waals surface area contributed by atoms with Crippen LogP contribution >= 0.6 is 0 Å². The van der Waals surface area contributed by atoms with E-state index in [0.29, 0.717) is 6.61 Å². The second-order valence-electron chi connectivity index (χ2n) is 7.25. The monoisotopic (exact) mass is 318 g/mol. The summed E-state index contributed by atoms with van der Waals surface area (Å²) in [4.78, 5) is 0. The summed E-state index contributed by atoms with van der Waals surface area (Å²) in [5, 5.41) is 8.49. The van der Waals surface area contributed by atoms with E-state index in [1.807, 2.05) is 6.08 Å². The van der Waals surface area contributed by atoms with E-state index < -0.39 is 16.6 Å². The Kier molecular flexibility index (Phi) is 14.3. The SMILES string of the molecule is C=CCCCCCCCCO.C[Si](C)(C)O[Si](C)(C)C. The molecular formula is C16H38O2Si2. The van der Waals surface area contributed by atoms with Crippen LogP contribution in [0.5, 0.6) is 0 Å². The number of aliphatic hydroxyl groups is 1. The van der Waals surface area contributed by atoms with Gasteiger partial charge in [-0.25, -0.2) is 0 Å². The van der Waals surface area contributed by atoms with Gasteiger partial charge in [0.15, 0.2) is 16.6 Å². The standard InChI is InChI=1S/C10H20O.C6H18OSi2/c1-2-3-4-5-6-7-8-9-10-11;1-8(2,3)7-9(4,5)6/h2,11H,1,3-10H2;1-6H3. The first-order valence-corrected chi connectivity index (χ1v) is 14.9. The van der Waals surface area contributed by atoms with Crippen molar-refractivity contribution >= 4 is 16.6 Å². The van der Waals surface area contributed by atoms with Crippen molar-refractivity contribution in [1.82, 2.24) is 0 Å². The molecule has 20 heavy (non-hydrogen) atoms. The molecule has 122 valence electrons. The molecule has 4 heteroatoms. The fraction of sp³-hybridized carbons (Fsp3) is 0.875. The Labute approximate surface area is 129 Å². The van der Waals surface area contributed by atoms with Crippen molar-refractivity contribution in [3.05, 3.63) is 12.7 Å². The molecule has 1 N–H and O–H groups in total. The Balaban J connectivity index is 0. The first-order valence-electron chi connectivity index (χ1n) is 8.04. The van der Waals surface area contributed by atoms with Crippen molar-refractivity contribution < 1.29 is 9.22 Å². The van der Waals surface area contributed by atoms with Gasteiger partial charge < -0.3 is 9.22 Å². The average molecular weight is 319 g/mol. The minimum absolute atomic E-state index is 0.354. The third-order valence-corrected chi connectivity index (χ3v) is 7.33. The van der Waals surface area contributed by atoms with E-state index >= 15 is 0 Å². The summed E-state index contributed by atoms with van der Waals surface area (Å²) in [7, 11) is -2.46. The normalized spacial score (nSPS) is 11.8. The fourth-order valence-corrected chi connectivity index (χ4v) is 9.37. The highest BCUT2D eigenvalue weighted by Gasteiger charge is 2.24. The highest BCUT2D eigenvalue weighted by molar-refractivity contribution is 6.83. The summed E-state index contributed by atoms with van der Waals surface area (Å²) in [6.45, 7) is 17.5.